The fourth-order valence-corrected chi connectivity index (χ4v) is 2.66. The third-order valence-corrected chi connectivity index (χ3v) is 3.94. The summed E-state index contributed by atoms with van der Waals surface area (Å²) in [5.41, 5.74) is 1.65. The van der Waals surface area contributed by atoms with Crippen molar-refractivity contribution in [2.45, 2.75) is 11.6 Å². The summed E-state index contributed by atoms with van der Waals surface area (Å²) in [6.45, 7) is 0.393. The normalized spacial score (nSPS) is 10.7. The van der Waals surface area contributed by atoms with E-state index in [4.69, 9.17) is 9.84 Å². The van der Waals surface area contributed by atoms with Gasteiger partial charge in [0.25, 0.3) is 0 Å². The number of aromatic nitrogens is 2. The second kappa shape index (κ2) is 6.92. The van der Waals surface area contributed by atoms with Crippen molar-refractivity contribution in [1.29, 1.82) is 0 Å². The Morgan fingerprint density at radius 3 is 2.75 bits per heavy atom. The molecule has 0 aliphatic heterocycles. The molecule has 0 radical (unpaired) electrons. The summed E-state index contributed by atoms with van der Waals surface area (Å²) in [5, 5.41) is 14.0. The fourth-order valence-electron chi connectivity index (χ4n) is 1.63. The maximum Gasteiger partial charge on any atom is 0.313 e. The number of nitrogens with zero attached hydrogens (tertiary/aromatic N) is 2. The van der Waals surface area contributed by atoms with Crippen molar-refractivity contribution in [2.75, 3.05) is 12.9 Å². The van der Waals surface area contributed by atoms with Gasteiger partial charge in [-0.25, -0.2) is 4.68 Å². The highest BCUT2D eigenvalue weighted by molar-refractivity contribution is 9.10. The van der Waals surface area contributed by atoms with E-state index in [1.165, 1.54) is 11.8 Å². The van der Waals surface area contributed by atoms with Gasteiger partial charge in [-0.3, -0.25) is 4.79 Å². The van der Waals surface area contributed by atoms with Gasteiger partial charge >= 0.3 is 5.97 Å². The molecule has 0 amide bonds. The highest BCUT2D eigenvalue weighted by Crippen LogP contribution is 2.24. The van der Waals surface area contributed by atoms with E-state index in [9.17, 15) is 4.79 Å². The second-order valence-corrected chi connectivity index (χ2v) is 5.89. The van der Waals surface area contributed by atoms with E-state index in [-0.39, 0.29) is 5.75 Å². The van der Waals surface area contributed by atoms with Gasteiger partial charge in [-0.2, -0.15) is 5.10 Å². The highest BCUT2D eigenvalue weighted by Gasteiger charge is 2.11. The molecule has 0 aliphatic carbocycles. The van der Waals surface area contributed by atoms with Crippen LogP contribution in [-0.2, 0) is 16.1 Å². The molecule has 2 rings (SSSR count). The number of hydrogen-bond donors (Lipinski definition) is 1. The molecule has 1 heterocycles. The van der Waals surface area contributed by atoms with Crippen molar-refractivity contribution in [3.05, 3.63) is 40.5 Å². The van der Waals surface area contributed by atoms with E-state index >= 15 is 0 Å². The fraction of sp³-hybridized carbons (Fsp3) is 0.231. The average Bonchev–Trinajstić information content (AvgIpc) is 2.81. The monoisotopic (exact) mass is 356 g/mol. The van der Waals surface area contributed by atoms with E-state index in [0.717, 1.165) is 20.9 Å². The van der Waals surface area contributed by atoms with Crippen LogP contribution in [0.25, 0.3) is 5.69 Å². The maximum atomic E-state index is 10.7. The van der Waals surface area contributed by atoms with E-state index in [1.54, 1.807) is 11.8 Å². The molecule has 106 valence electrons. The number of ether oxygens (including phenoxy) is 1. The summed E-state index contributed by atoms with van der Waals surface area (Å²) in [7, 11) is 1.60. The zero-order chi connectivity index (χ0) is 14.5. The van der Waals surface area contributed by atoms with Crippen LogP contribution in [0.2, 0.25) is 0 Å². The largest absolute Gasteiger partial charge is 0.481 e. The lowest BCUT2D eigenvalue weighted by atomic mass is 10.3. The number of carboxylic acid groups (broad SMARTS) is 1. The molecular weight excluding hydrogens is 344 g/mol. The van der Waals surface area contributed by atoms with Crippen LogP contribution in [0.5, 0.6) is 0 Å². The average molecular weight is 357 g/mol. The van der Waals surface area contributed by atoms with Gasteiger partial charge in [0, 0.05) is 11.6 Å². The van der Waals surface area contributed by atoms with E-state index in [0.29, 0.717) is 6.61 Å². The number of benzene rings is 1. The number of methoxy groups -OCH3 is 1. The molecule has 0 spiro atoms. The minimum absolute atomic E-state index is 0.00531. The van der Waals surface area contributed by atoms with Crippen LogP contribution >= 0.6 is 27.7 Å². The molecule has 0 saturated carbocycles. The molecule has 5 nitrogen and oxygen atoms in total. The smallest absolute Gasteiger partial charge is 0.313 e. The molecule has 0 fully saturated rings. The first-order valence-corrected chi connectivity index (χ1v) is 7.56. The predicted octanol–water partition coefficient (Wildman–Crippen LogP) is 2.96. The molecule has 1 aromatic carbocycles. The Bertz CT molecular complexity index is 598. The summed E-state index contributed by atoms with van der Waals surface area (Å²) in [5.74, 6) is -0.860. The van der Waals surface area contributed by atoms with Gasteiger partial charge in [0.1, 0.15) is 5.03 Å². The Morgan fingerprint density at radius 2 is 2.15 bits per heavy atom. The topological polar surface area (TPSA) is 64.3 Å². The Hall–Kier alpha value is -1.31. The Kier molecular flexibility index (Phi) is 5.22. The maximum absolute atomic E-state index is 10.7. The SMILES string of the molecule is COCc1cc(SCC(=O)O)n(-c2ccc(Br)cc2)n1. The lowest BCUT2D eigenvalue weighted by Gasteiger charge is -2.06. The van der Waals surface area contributed by atoms with Crippen molar-refractivity contribution in [3.8, 4) is 5.69 Å². The van der Waals surface area contributed by atoms with Gasteiger partial charge in [0.15, 0.2) is 0 Å². The van der Waals surface area contributed by atoms with Gasteiger partial charge in [-0.15, -0.1) is 0 Å². The minimum atomic E-state index is -0.855. The van der Waals surface area contributed by atoms with Crippen LogP contribution in [0, 0.1) is 0 Å². The quantitative estimate of drug-likeness (QED) is 0.806. The first kappa shape index (κ1) is 15.1. The van der Waals surface area contributed by atoms with E-state index in [1.807, 2.05) is 30.3 Å². The van der Waals surface area contributed by atoms with Crippen LogP contribution in [-0.4, -0.2) is 33.7 Å². The summed E-state index contributed by atoms with van der Waals surface area (Å²) < 4.78 is 7.78. The van der Waals surface area contributed by atoms with Crippen LogP contribution < -0.4 is 0 Å². The molecule has 0 aliphatic rings. The summed E-state index contributed by atoms with van der Waals surface area (Å²) in [4.78, 5) is 10.7. The lowest BCUT2D eigenvalue weighted by Crippen LogP contribution is -2.02. The van der Waals surface area contributed by atoms with Crippen LogP contribution in [0.15, 0.2) is 39.8 Å². The molecular formula is C13H13BrN2O3S. The first-order chi connectivity index (χ1) is 9.60. The number of carbonyl (C=O) groups is 1. The third-order valence-electron chi connectivity index (χ3n) is 2.43. The molecule has 7 heteroatoms. The van der Waals surface area contributed by atoms with Gasteiger partial charge < -0.3 is 9.84 Å². The van der Waals surface area contributed by atoms with E-state index < -0.39 is 5.97 Å². The highest BCUT2D eigenvalue weighted by atomic mass is 79.9. The molecule has 0 unspecified atom stereocenters. The van der Waals surface area contributed by atoms with Crippen molar-refractivity contribution >= 4 is 33.7 Å². The Morgan fingerprint density at radius 1 is 1.45 bits per heavy atom. The van der Waals surface area contributed by atoms with Gasteiger partial charge in [0.05, 0.1) is 23.7 Å². The molecule has 0 atom stereocenters. The number of thioether (sulfide) groups is 1. The number of carboxylic acids is 1. The number of halogens is 1. The summed E-state index contributed by atoms with van der Waals surface area (Å²) >= 11 is 4.62. The summed E-state index contributed by atoms with van der Waals surface area (Å²) in [6, 6.07) is 9.51. The predicted molar refractivity (Wildman–Crippen MR) is 80.3 cm³/mol. The zero-order valence-corrected chi connectivity index (χ0v) is 13.1. The number of hydrogen-bond acceptors (Lipinski definition) is 4. The van der Waals surface area contributed by atoms with Crippen molar-refractivity contribution in [1.82, 2.24) is 9.78 Å². The Labute approximate surface area is 129 Å². The summed E-state index contributed by atoms with van der Waals surface area (Å²) in [6.07, 6.45) is 0. The molecule has 20 heavy (non-hydrogen) atoms. The third kappa shape index (κ3) is 3.84. The van der Waals surface area contributed by atoms with Crippen LogP contribution in [0.3, 0.4) is 0 Å². The molecule has 1 N–H and O–H groups in total. The van der Waals surface area contributed by atoms with Crippen molar-refractivity contribution in [2.24, 2.45) is 0 Å². The minimum Gasteiger partial charge on any atom is -0.481 e. The molecule has 0 bridgehead atoms. The van der Waals surface area contributed by atoms with Crippen LogP contribution in [0.1, 0.15) is 5.69 Å². The molecule has 1 aromatic heterocycles. The molecule has 0 saturated heterocycles. The van der Waals surface area contributed by atoms with Gasteiger partial charge in [-0.05, 0) is 30.3 Å². The Balaban J connectivity index is 2.33. The van der Waals surface area contributed by atoms with E-state index in [2.05, 4.69) is 21.0 Å². The van der Waals surface area contributed by atoms with Gasteiger partial charge in [0.2, 0.25) is 0 Å². The van der Waals surface area contributed by atoms with Gasteiger partial charge in [-0.1, -0.05) is 27.7 Å². The van der Waals surface area contributed by atoms with Crippen LogP contribution in [0.4, 0.5) is 0 Å². The van der Waals surface area contributed by atoms with Crippen molar-refractivity contribution < 1.29 is 14.6 Å². The number of aliphatic carboxylic acids is 1. The first-order valence-electron chi connectivity index (χ1n) is 5.78. The number of rotatable bonds is 6. The second-order valence-electron chi connectivity index (χ2n) is 3.98. The standard InChI is InChI=1S/C13H13BrN2O3S/c1-19-7-10-6-12(20-8-13(17)18)16(15-10)11-4-2-9(14)3-5-11/h2-6H,7-8H2,1H3,(H,17,18). The zero-order valence-electron chi connectivity index (χ0n) is 10.7. The lowest BCUT2D eigenvalue weighted by molar-refractivity contribution is -0.133. The molecule has 2 aromatic rings. The van der Waals surface area contributed by atoms with Crippen molar-refractivity contribution in [3.63, 3.8) is 0 Å².